The van der Waals surface area contributed by atoms with Gasteiger partial charge in [-0.3, -0.25) is 4.79 Å². The van der Waals surface area contributed by atoms with Crippen molar-refractivity contribution in [3.63, 3.8) is 0 Å². The molecule has 1 aromatic heterocycles. The van der Waals surface area contributed by atoms with E-state index < -0.39 is 0 Å². The van der Waals surface area contributed by atoms with Crippen LogP contribution in [0.4, 0.5) is 5.82 Å². The van der Waals surface area contributed by atoms with E-state index in [0.717, 1.165) is 6.54 Å². The first-order valence-electron chi connectivity index (χ1n) is 6.24. The first-order valence-corrected chi connectivity index (χ1v) is 6.24. The molecule has 1 fully saturated rings. The Bertz CT molecular complexity index is 399. The van der Waals surface area contributed by atoms with Crippen molar-refractivity contribution >= 4 is 11.7 Å². The quantitative estimate of drug-likeness (QED) is 0.817. The second-order valence-corrected chi connectivity index (χ2v) is 4.34. The van der Waals surface area contributed by atoms with Crippen LogP contribution in [-0.2, 0) is 0 Å². The van der Waals surface area contributed by atoms with Gasteiger partial charge in [-0.05, 0) is 19.8 Å². The van der Waals surface area contributed by atoms with E-state index in [1.807, 2.05) is 6.92 Å². The lowest BCUT2D eigenvalue weighted by Gasteiger charge is -2.29. The molecule has 0 spiro atoms. The molecule has 1 aliphatic heterocycles. The average Bonchev–Trinajstić information content (AvgIpc) is 2.40. The number of likely N-dealkylation sites (tertiary alicyclic amines) is 1. The molecule has 98 valence electrons. The minimum atomic E-state index is -0.281. The van der Waals surface area contributed by atoms with Gasteiger partial charge in [0, 0.05) is 19.6 Å². The molecule has 18 heavy (non-hydrogen) atoms. The number of anilines is 1. The minimum absolute atomic E-state index is 0.113. The van der Waals surface area contributed by atoms with Crippen LogP contribution >= 0.6 is 0 Å². The zero-order valence-corrected chi connectivity index (χ0v) is 10.5. The summed E-state index contributed by atoms with van der Waals surface area (Å²) in [6.07, 6.45) is 4.04. The summed E-state index contributed by atoms with van der Waals surface area (Å²) < 4.78 is 0. The number of aromatic nitrogens is 2. The summed E-state index contributed by atoms with van der Waals surface area (Å²) in [6, 6.07) is 0. The zero-order chi connectivity index (χ0) is 13.0. The molecule has 1 saturated heterocycles. The number of nitrogens with one attached hydrogen (secondary N) is 1. The number of hydrogen-bond acceptors (Lipinski definition) is 5. The van der Waals surface area contributed by atoms with Crippen molar-refractivity contribution in [2.24, 2.45) is 0 Å². The fourth-order valence-corrected chi connectivity index (χ4v) is 1.94. The van der Waals surface area contributed by atoms with Crippen LogP contribution in [0.2, 0.25) is 0 Å². The number of aliphatic hydroxyl groups excluding tert-OH is 1. The van der Waals surface area contributed by atoms with Gasteiger partial charge >= 0.3 is 0 Å². The van der Waals surface area contributed by atoms with E-state index in [4.69, 9.17) is 0 Å². The highest BCUT2D eigenvalue weighted by atomic mass is 16.3. The number of hydrogen-bond donors (Lipinski definition) is 2. The Kier molecular flexibility index (Phi) is 4.09. The number of carbonyl (C=O) groups is 1. The van der Waals surface area contributed by atoms with Gasteiger partial charge in [-0.2, -0.15) is 0 Å². The molecule has 1 aliphatic rings. The van der Waals surface area contributed by atoms with E-state index in [9.17, 15) is 9.90 Å². The molecule has 0 unspecified atom stereocenters. The van der Waals surface area contributed by atoms with Crippen LogP contribution in [0.5, 0.6) is 0 Å². The summed E-state index contributed by atoms with van der Waals surface area (Å²) in [4.78, 5) is 22.1. The molecule has 0 saturated carbocycles. The highest BCUT2D eigenvalue weighted by Gasteiger charge is 2.23. The number of amides is 1. The summed E-state index contributed by atoms with van der Waals surface area (Å²) >= 11 is 0. The summed E-state index contributed by atoms with van der Waals surface area (Å²) in [5.41, 5.74) is 0.355. The Balaban J connectivity index is 2.00. The number of carbonyl (C=O) groups excluding carboxylic acids is 1. The van der Waals surface area contributed by atoms with Gasteiger partial charge in [-0.15, -0.1) is 0 Å². The SMILES string of the molecule is CCNc1cnc(C(=O)N2CCC(O)CC2)cn1. The van der Waals surface area contributed by atoms with Gasteiger partial charge in [0.05, 0.1) is 18.5 Å². The molecule has 2 N–H and O–H groups in total. The highest BCUT2D eigenvalue weighted by Crippen LogP contribution is 2.12. The largest absolute Gasteiger partial charge is 0.393 e. The number of nitrogens with zero attached hydrogens (tertiary/aromatic N) is 3. The predicted octanol–water partition coefficient (Wildman–Crippen LogP) is 0.505. The highest BCUT2D eigenvalue weighted by molar-refractivity contribution is 5.92. The van der Waals surface area contributed by atoms with Crippen LogP contribution in [0.3, 0.4) is 0 Å². The summed E-state index contributed by atoms with van der Waals surface area (Å²) in [6.45, 7) is 3.90. The molecule has 2 rings (SSSR count). The molecule has 0 radical (unpaired) electrons. The Morgan fingerprint density at radius 2 is 2.17 bits per heavy atom. The molecule has 6 heteroatoms. The molecule has 0 bridgehead atoms. The lowest BCUT2D eigenvalue weighted by atomic mass is 10.1. The lowest BCUT2D eigenvalue weighted by molar-refractivity contribution is 0.0541. The Labute approximate surface area is 106 Å². The van der Waals surface area contributed by atoms with Crippen LogP contribution in [0.1, 0.15) is 30.3 Å². The Morgan fingerprint density at radius 3 is 2.72 bits per heavy atom. The second kappa shape index (κ2) is 5.77. The monoisotopic (exact) mass is 250 g/mol. The van der Waals surface area contributed by atoms with Crippen LogP contribution in [0.25, 0.3) is 0 Å². The van der Waals surface area contributed by atoms with Crippen LogP contribution in [0.15, 0.2) is 12.4 Å². The van der Waals surface area contributed by atoms with Crippen LogP contribution in [0, 0.1) is 0 Å². The fraction of sp³-hybridized carbons (Fsp3) is 0.583. The normalized spacial score (nSPS) is 16.7. The van der Waals surface area contributed by atoms with Crippen LogP contribution in [-0.4, -0.2) is 51.6 Å². The molecule has 6 nitrogen and oxygen atoms in total. The van der Waals surface area contributed by atoms with Crippen molar-refractivity contribution in [3.8, 4) is 0 Å². The molecule has 0 aliphatic carbocycles. The molecule has 1 aromatic rings. The van der Waals surface area contributed by atoms with E-state index in [2.05, 4.69) is 15.3 Å². The van der Waals surface area contributed by atoms with Gasteiger partial charge in [0.25, 0.3) is 5.91 Å². The predicted molar refractivity (Wildman–Crippen MR) is 67.3 cm³/mol. The maximum atomic E-state index is 12.1. The molecule has 0 atom stereocenters. The van der Waals surface area contributed by atoms with Crippen molar-refractivity contribution in [2.75, 3.05) is 25.0 Å². The van der Waals surface area contributed by atoms with Crippen molar-refractivity contribution in [3.05, 3.63) is 18.1 Å². The average molecular weight is 250 g/mol. The Morgan fingerprint density at radius 1 is 1.44 bits per heavy atom. The van der Waals surface area contributed by atoms with Gasteiger partial charge in [0.2, 0.25) is 0 Å². The Hall–Kier alpha value is -1.69. The standard InChI is InChI=1S/C12H18N4O2/c1-2-13-11-8-14-10(7-15-11)12(18)16-5-3-9(17)4-6-16/h7-9,17H,2-6H2,1H3,(H,13,15). The molecular formula is C12H18N4O2. The van der Waals surface area contributed by atoms with Gasteiger partial charge in [0.1, 0.15) is 11.5 Å². The fourth-order valence-electron chi connectivity index (χ4n) is 1.94. The van der Waals surface area contributed by atoms with Crippen molar-refractivity contribution in [2.45, 2.75) is 25.9 Å². The number of rotatable bonds is 3. The first-order chi connectivity index (χ1) is 8.70. The summed E-state index contributed by atoms with van der Waals surface area (Å²) in [7, 11) is 0. The third kappa shape index (κ3) is 2.95. The van der Waals surface area contributed by atoms with E-state index in [1.165, 1.54) is 6.20 Å². The van der Waals surface area contributed by atoms with Crippen molar-refractivity contribution < 1.29 is 9.90 Å². The summed E-state index contributed by atoms with van der Waals surface area (Å²) in [5.74, 6) is 0.556. The number of piperidine rings is 1. The zero-order valence-electron chi connectivity index (χ0n) is 10.5. The molecule has 1 amide bonds. The van der Waals surface area contributed by atoms with Gasteiger partial charge in [-0.1, -0.05) is 0 Å². The minimum Gasteiger partial charge on any atom is -0.393 e. The van der Waals surface area contributed by atoms with Gasteiger partial charge in [0.15, 0.2) is 0 Å². The lowest BCUT2D eigenvalue weighted by Crippen LogP contribution is -2.40. The number of aliphatic hydroxyl groups is 1. The van der Waals surface area contributed by atoms with E-state index in [0.29, 0.717) is 37.4 Å². The smallest absolute Gasteiger partial charge is 0.274 e. The third-order valence-electron chi connectivity index (χ3n) is 2.98. The molecular weight excluding hydrogens is 232 g/mol. The van der Waals surface area contributed by atoms with E-state index in [-0.39, 0.29) is 12.0 Å². The van der Waals surface area contributed by atoms with E-state index in [1.54, 1.807) is 11.1 Å². The van der Waals surface area contributed by atoms with Crippen LogP contribution < -0.4 is 5.32 Å². The maximum absolute atomic E-state index is 12.1. The third-order valence-corrected chi connectivity index (χ3v) is 2.98. The maximum Gasteiger partial charge on any atom is 0.274 e. The summed E-state index contributed by atoms with van der Waals surface area (Å²) in [5, 5.41) is 12.4. The van der Waals surface area contributed by atoms with E-state index >= 15 is 0 Å². The van der Waals surface area contributed by atoms with Gasteiger partial charge in [-0.25, -0.2) is 9.97 Å². The first kappa shape index (κ1) is 12.8. The molecule has 2 heterocycles. The molecule has 0 aromatic carbocycles. The van der Waals surface area contributed by atoms with Crippen molar-refractivity contribution in [1.82, 2.24) is 14.9 Å². The second-order valence-electron chi connectivity index (χ2n) is 4.34. The van der Waals surface area contributed by atoms with Gasteiger partial charge < -0.3 is 15.3 Å². The topological polar surface area (TPSA) is 78.4 Å². The van der Waals surface area contributed by atoms with Crippen molar-refractivity contribution in [1.29, 1.82) is 0 Å².